The first-order valence-corrected chi connectivity index (χ1v) is 5.19. The van der Waals surface area contributed by atoms with Gasteiger partial charge in [-0.05, 0) is 23.8 Å². The fraction of sp³-hybridized carbons (Fsp3) is 0. The quantitative estimate of drug-likeness (QED) is 0.705. The molecule has 0 saturated heterocycles. The summed E-state index contributed by atoms with van der Waals surface area (Å²) in [5.41, 5.74) is 2.66. The van der Waals surface area contributed by atoms with Crippen molar-refractivity contribution in [3.63, 3.8) is 0 Å². The first-order valence-electron chi connectivity index (χ1n) is 5.19. The fourth-order valence-electron chi connectivity index (χ4n) is 1.91. The van der Waals surface area contributed by atoms with Gasteiger partial charge in [-0.2, -0.15) is 0 Å². The fourth-order valence-corrected chi connectivity index (χ4v) is 1.91. The van der Waals surface area contributed by atoms with Crippen molar-refractivity contribution in [1.29, 1.82) is 0 Å². The molecule has 0 aromatic heterocycles. The summed E-state index contributed by atoms with van der Waals surface area (Å²) in [5.74, 6) is 0.0433. The molecule has 0 saturated carbocycles. The number of hydrogen-bond acceptors (Lipinski definition) is 1. The molecule has 0 bridgehead atoms. The molecule has 1 radical (unpaired) electrons. The van der Waals surface area contributed by atoms with Crippen LogP contribution in [-0.2, 0) is 0 Å². The van der Waals surface area contributed by atoms with Crippen molar-refractivity contribution < 1.29 is 4.79 Å². The molecule has 0 atom stereocenters. The van der Waals surface area contributed by atoms with Crippen LogP contribution in [-0.4, -0.2) is 5.91 Å². The van der Waals surface area contributed by atoms with E-state index in [9.17, 15) is 4.79 Å². The zero-order valence-electron chi connectivity index (χ0n) is 8.63. The molecule has 0 unspecified atom stereocenters. The van der Waals surface area contributed by atoms with Crippen molar-refractivity contribution in [2.45, 2.75) is 0 Å². The van der Waals surface area contributed by atoms with Gasteiger partial charge in [-0.3, -0.25) is 9.69 Å². The highest BCUT2D eigenvalue weighted by Crippen LogP contribution is 2.28. The van der Waals surface area contributed by atoms with Crippen LogP contribution in [0.1, 0.15) is 15.9 Å². The number of benzene rings is 2. The monoisotopic (exact) mass is 208 g/mol. The number of anilines is 1. The number of hydrogen-bond donors (Lipinski definition) is 0. The number of amides is 1. The van der Waals surface area contributed by atoms with Crippen LogP contribution in [0.15, 0.2) is 54.6 Å². The Morgan fingerprint density at radius 3 is 2.25 bits per heavy atom. The summed E-state index contributed by atoms with van der Waals surface area (Å²) in [5, 5.41) is 0. The highest BCUT2D eigenvalue weighted by Gasteiger charge is 2.28. The molecule has 2 aromatic rings. The molecule has 0 fully saturated rings. The number of fused-ring (bicyclic) bond motifs is 1. The zero-order chi connectivity index (χ0) is 11.0. The van der Waals surface area contributed by atoms with E-state index in [0.29, 0.717) is 0 Å². The van der Waals surface area contributed by atoms with Crippen LogP contribution < -0.4 is 4.90 Å². The van der Waals surface area contributed by atoms with Gasteiger partial charge in [0, 0.05) is 11.3 Å². The minimum Gasteiger partial charge on any atom is -0.298 e. The average Bonchev–Trinajstić information content (AvgIpc) is 2.69. The lowest BCUT2D eigenvalue weighted by atomic mass is 10.1. The van der Waals surface area contributed by atoms with E-state index in [1.54, 1.807) is 4.90 Å². The van der Waals surface area contributed by atoms with Gasteiger partial charge in [0.25, 0.3) is 5.91 Å². The molecule has 2 aromatic carbocycles. The standard InChI is InChI=1S/C14H10NO/c16-14-13-9-5-4-6-11(13)10-15(14)12-7-2-1-3-8-12/h1-10H. The van der Waals surface area contributed by atoms with Gasteiger partial charge in [0.2, 0.25) is 0 Å². The van der Waals surface area contributed by atoms with Gasteiger partial charge >= 0.3 is 0 Å². The van der Waals surface area contributed by atoms with E-state index < -0.39 is 0 Å². The van der Waals surface area contributed by atoms with Gasteiger partial charge in [-0.25, -0.2) is 0 Å². The molecule has 1 heterocycles. The van der Waals surface area contributed by atoms with Crippen LogP contribution in [0.3, 0.4) is 0 Å². The van der Waals surface area contributed by atoms with Crippen LogP contribution in [0.4, 0.5) is 5.69 Å². The number of nitrogens with zero attached hydrogens (tertiary/aromatic N) is 1. The van der Waals surface area contributed by atoms with Crippen molar-refractivity contribution in [2.75, 3.05) is 4.90 Å². The van der Waals surface area contributed by atoms with E-state index in [2.05, 4.69) is 0 Å². The first-order chi connectivity index (χ1) is 7.86. The minimum absolute atomic E-state index is 0.0433. The number of carbonyl (C=O) groups is 1. The van der Waals surface area contributed by atoms with Crippen LogP contribution in [0, 0.1) is 6.54 Å². The Labute approximate surface area is 94.1 Å². The van der Waals surface area contributed by atoms with Crippen LogP contribution >= 0.6 is 0 Å². The summed E-state index contributed by atoms with van der Waals surface area (Å²) in [6.07, 6.45) is 0. The van der Waals surface area contributed by atoms with E-state index in [1.807, 2.05) is 61.1 Å². The van der Waals surface area contributed by atoms with Crippen LogP contribution in [0.25, 0.3) is 0 Å². The summed E-state index contributed by atoms with van der Waals surface area (Å²) in [6.45, 7) is 1.88. The molecule has 1 aliphatic heterocycles. The van der Waals surface area contributed by atoms with Gasteiger partial charge < -0.3 is 0 Å². The minimum atomic E-state index is 0.0433. The van der Waals surface area contributed by atoms with Crippen molar-refractivity contribution in [1.82, 2.24) is 0 Å². The Hall–Kier alpha value is -2.09. The molecule has 3 rings (SSSR count). The molecule has 1 amide bonds. The molecular formula is C14H10NO. The van der Waals surface area contributed by atoms with E-state index in [0.717, 1.165) is 16.8 Å². The molecule has 2 nitrogen and oxygen atoms in total. The van der Waals surface area contributed by atoms with Gasteiger partial charge in [0.1, 0.15) is 0 Å². The van der Waals surface area contributed by atoms with Gasteiger partial charge in [-0.15, -0.1) is 0 Å². The predicted molar refractivity (Wildman–Crippen MR) is 63.1 cm³/mol. The number of carbonyl (C=O) groups excluding carboxylic acids is 1. The van der Waals surface area contributed by atoms with E-state index in [-0.39, 0.29) is 5.91 Å². The summed E-state index contributed by atoms with van der Waals surface area (Å²) in [7, 11) is 0. The lowest BCUT2D eigenvalue weighted by Gasteiger charge is -2.14. The summed E-state index contributed by atoms with van der Waals surface area (Å²) in [6, 6.07) is 17.3. The first kappa shape index (κ1) is 9.16. The van der Waals surface area contributed by atoms with Crippen LogP contribution in [0.5, 0.6) is 0 Å². The molecule has 0 spiro atoms. The topological polar surface area (TPSA) is 20.3 Å². The van der Waals surface area contributed by atoms with E-state index in [1.165, 1.54) is 0 Å². The van der Waals surface area contributed by atoms with Gasteiger partial charge in [0.05, 0.1) is 6.54 Å². The maximum Gasteiger partial charge on any atom is 0.259 e. The Kier molecular flexibility index (Phi) is 2.00. The average molecular weight is 208 g/mol. The molecule has 77 valence electrons. The lowest BCUT2D eigenvalue weighted by Crippen LogP contribution is -2.21. The summed E-state index contributed by atoms with van der Waals surface area (Å²) >= 11 is 0. The molecule has 2 heteroatoms. The second kappa shape index (κ2) is 3.49. The summed E-state index contributed by atoms with van der Waals surface area (Å²) < 4.78 is 0. The highest BCUT2D eigenvalue weighted by atomic mass is 16.2. The smallest absolute Gasteiger partial charge is 0.259 e. The van der Waals surface area contributed by atoms with Crippen molar-refractivity contribution >= 4 is 11.6 Å². The third-order valence-electron chi connectivity index (χ3n) is 2.71. The van der Waals surface area contributed by atoms with Gasteiger partial charge in [0.15, 0.2) is 0 Å². The second-order valence-corrected chi connectivity index (χ2v) is 3.73. The molecule has 0 aliphatic carbocycles. The second-order valence-electron chi connectivity index (χ2n) is 3.73. The Bertz CT molecular complexity index is 533. The normalized spacial score (nSPS) is 14.0. The van der Waals surface area contributed by atoms with E-state index in [4.69, 9.17) is 0 Å². The predicted octanol–water partition coefficient (Wildman–Crippen LogP) is 2.86. The Morgan fingerprint density at radius 1 is 0.812 bits per heavy atom. The van der Waals surface area contributed by atoms with Crippen molar-refractivity contribution in [3.8, 4) is 0 Å². The number of para-hydroxylation sites is 1. The molecule has 1 aliphatic rings. The van der Waals surface area contributed by atoms with Crippen molar-refractivity contribution in [2.24, 2.45) is 0 Å². The maximum atomic E-state index is 12.1. The van der Waals surface area contributed by atoms with Crippen LogP contribution in [0.2, 0.25) is 0 Å². The highest BCUT2D eigenvalue weighted by molar-refractivity contribution is 6.12. The number of rotatable bonds is 1. The summed E-state index contributed by atoms with van der Waals surface area (Å²) in [4.78, 5) is 13.8. The van der Waals surface area contributed by atoms with E-state index >= 15 is 0 Å². The van der Waals surface area contributed by atoms with Crippen molar-refractivity contribution in [3.05, 3.63) is 72.3 Å². The molecule has 0 N–H and O–H groups in total. The maximum absolute atomic E-state index is 12.1. The largest absolute Gasteiger partial charge is 0.298 e. The Balaban J connectivity index is 2.02. The molecular weight excluding hydrogens is 198 g/mol. The SMILES string of the molecule is O=C1c2ccccc2[CH]N1c1ccccc1. The zero-order valence-corrected chi connectivity index (χ0v) is 8.63. The third-order valence-corrected chi connectivity index (χ3v) is 2.71. The van der Waals surface area contributed by atoms with Gasteiger partial charge in [-0.1, -0.05) is 36.4 Å². The lowest BCUT2D eigenvalue weighted by molar-refractivity contribution is 0.100. The Morgan fingerprint density at radius 2 is 1.50 bits per heavy atom. The third kappa shape index (κ3) is 1.31. The molecule has 16 heavy (non-hydrogen) atoms.